The van der Waals surface area contributed by atoms with Crippen molar-refractivity contribution >= 4 is 17.2 Å². The number of carbonyl (C=O) groups excluding carboxylic acids is 1. The molecule has 1 aromatic rings. The largest absolute Gasteiger partial charge is 0.874 e. The lowest BCUT2D eigenvalue weighted by atomic mass is 10.3. The van der Waals surface area contributed by atoms with Crippen LogP contribution < -0.4 is 16.0 Å². The molecule has 7 heteroatoms. The summed E-state index contributed by atoms with van der Waals surface area (Å²) in [7, 11) is 0. The predicted octanol–water partition coefficient (Wildman–Crippen LogP) is 0.692. The van der Waals surface area contributed by atoms with Gasteiger partial charge in [-0.1, -0.05) is 13.0 Å². The van der Waals surface area contributed by atoms with E-state index in [1.165, 1.54) is 32.0 Å². The highest BCUT2D eigenvalue weighted by Gasteiger charge is 2.06. The van der Waals surface area contributed by atoms with Crippen LogP contribution in [-0.2, 0) is 4.79 Å². The van der Waals surface area contributed by atoms with Gasteiger partial charge in [-0.15, -0.1) is 5.76 Å². The highest BCUT2D eigenvalue weighted by Crippen LogP contribution is 2.16. The number of carbonyl (C=O) groups is 1. The SMILES string of the molecule is CC(=O)C(NNc1cccc([N+](=O)[O-])c1)=C(C)[O-]. The Morgan fingerprint density at radius 2 is 2.00 bits per heavy atom. The summed E-state index contributed by atoms with van der Waals surface area (Å²) in [5, 5.41) is 21.7. The van der Waals surface area contributed by atoms with E-state index in [0.717, 1.165) is 0 Å². The van der Waals surface area contributed by atoms with Crippen molar-refractivity contribution in [2.45, 2.75) is 13.8 Å². The molecule has 0 aliphatic rings. The molecule has 0 aromatic heterocycles. The van der Waals surface area contributed by atoms with Gasteiger partial charge in [0.1, 0.15) is 0 Å². The van der Waals surface area contributed by atoms with Crippen LogP contribution in [0.5, 0.6) is 0 Å². The molecule has 1 rings (SSSR count). The predicted molar refractivity (Wildman–Crippen MR) is 63.2 cm³/mol. The van der Waals surface area contributed by atoms with Gasteiger partial charge in [-0.3, -0.25) is 20.3 Å². The maximum Gasteiger partial charge on any atom is 0.271 e. The van der Waals surface area contributed by atoms with E-state index >= 15 is 0 Å². The van der Waals surface area contributed by atoms with Crippen molar-refractivity contribution in [2.24, 2.45) is 0 Å². The van der Waals surface area contributed by atoms with Crippen molar-refractivity contribution in [3.63, 3.8) is 0 Å². The van der Waals surface area contributed by atoms with Crippen molar-refractivity contribution in [3.05, 3.63) is 45.8 Å². The second kappa shape index (κ2) is 5.67. The number of non-ortho nitro benzene ring substituents is 1. The Balaban J connectivity index is 2.81. The van der Waals surface area contributed by atoms with Gasteiger partial charge in [0.15, 0.2) is 5.78 Å². The van der Waals surface area contributed by atoms with E-state index in [9.17, 15) is 20.0 Å². The van der Waals surface area contributed by atoms with Gasteiger partial charge in [-0.25, -0.2) is 0 Å². The number of nitrogens with one attached hydrogen (secondary N) is 2. The Morgan fingerprint density at radius 1 is 1.33 bits per heavy atom. The summed E-state index contributed by atoms with van der Waals surface area (Å²) in [5.74, 6) is -0.833. The number of hydrogen-bond donors (Lipinski definition) is 2. The number of anilines is 1. The van der Waals surface area contributed by atoms with Crippen molar-refractivity contribution in [1.29, 1.82) is 0 Å². The summed E-state index contributed by atoms with van der Waals surface area (Å²) >= 11 is 0. The molecule has 18 heavy (non-hydrogen) atoms. The molecule has 0 fully saturated rings. The molecule has 0 heterocycles. The fourth-order valence-corrected chi connectivity index (χ4v) is 1.26. The minimum atomic E-state index is -0.536. The zero-order chi connectivity index (χ0) is 13.7. The third-order valence-corrected chi connectivity index (χ3v) is 2.09. The molecule has 0 unspecified atom stereocenters. The first-order chi connectivity index (χ1) is 8.41. The summed E-state index contributed by atoms with van der Waals surface area (Å²) in [5.41, 5.74) is 5.20. The average molecular weight is 250 g/mol. The Kier molecular flexibility index (Phi) is 4.25. The Morgan fingerprint density at radius 3 is 2.50 bits per heavy atom. The quantitative estimate of drug-likeness (QED) is 0.344. The Labute approximate surface area is 103 Å². The van der Waals surface area contributed by atoms with Crippen LogP contribution in [0, 0.1) is 10.1 Å². The van der Waals surface area contributed by atoms with E-state index in [1.54, 1.807) is 6.07 Å². The number of hydrazine groups is 1. The van der Waals surface area contributed by atoms with Gasteiger partial charge < -0.3 is 10.5 Å². The second-order valence-corrected chi connectivity index (χ2v) is 3.54. The van der Waals surface area contributed by atoms with Crippen LogP contribution in [0.15, 0.2) is 35.7 Å². The van der Waals surface area contributed by atoms with Gasteiger partial charge in [0.05, 0.1) is 16.3 Å². The van der Waals surface area contributed by atoms with Crippen LogP contribution in [0.4, 0.5) is 11.4 Å². The molecule has 0 radical (unpaired) electrons. The van der Waals surface area contributed by atoms with E-state index in [2.05, 4.69) is 10.9 Å². The molecular weight excluding hydrogens is 238 g/mol. The van der Waals surface area contributed by atoms with E-state index in [0.29, 0.717) is 5.69 Å². The Hall–Kier alpha value is -2.57. The minimum absolute atomic E-state index is 0.0889. The van der Waals surface area contributed by atoms with Gasteiger partial charge in [-0.05, 0) is 6.07 Å². The standard InChI is InChI=1S/C11H13N3O4/c1-7(15)11(8(2)16)13-12-9-4-3-5-10(6-9)14(17)18/h3-6,12-13,15H,1-2H3/p-1. The zero-order valence-electron chi connectivity index (χ0n) is 9.89. The summed E-state index contributed by atoms with van der Waals surface area (Å²) < 4.78 is 0. The van der Waals surface area contributed by atoms with E-state index in [-0.39, 0.29) is 11.4 Å². The Bertz CT molecular complexity index is 507. The van der Waals surface area contributed by atoms with E-state index in [1.807, 2.05) is 0 Å². The molecule has 7 nitrogen and oxygen atoms in total. The molecule has 0 saturated heterocycles. The number of nitro groups is 1. The topological polar surface area (TPSA) is 107 Å². The summed E-state index contributed by atoms with van der Waals surface area (Å²) in [6, 6.07) is 5.68. The van der Waals surface area contributed by atoms with Crippen molar-refractivity contribution < 1.29 is 14.8 Å². The van der Waals surface area contributed by atoms with Crippen LogP contribution in [0.3, 0.4) is 0 Å². The third-order valence-electron chi connectivity index (χ3n) is 2.09. The molecule has 2 N–H and O–H groups in total. The van der Waals surface area contributed by atoms with Crippen LogP contribution >= 0.6 is 0 Å². The third kappa shape index (κ3) is 3.48. The molecule has 0 aliphatic carbocycles. The minimum Gasteiger partial charge on any atom is -0.874 e. The maximum absolute atomic E-state index is 11.1. The van der Waals surface area contributed by atoms with Crippen molar-refractivity contribution in [2.75, 3.05) is 5.43 Å². The number of nitrogens with zero attached hydrogens (tertiary/aromatic N) is 1. The number of nitro benzene ring substituents is 1. The fraction of sp³-hybridized carbons (Fsp3) is 0.182. The first kappa shape index (κ1) is 13.5. The molecule has 0 bridgehead atoms. The second-order valence-electron chi connectivity index (χ2n) is 3.54. The number of hydrogen-bond acceptors (Lipinski definition) is 6. The van der Waals surface area contributed by atoms with Crippen LogP contribution in [0.25, 0.3) is 0 Å². The highest BCUT2D eigenvalue weighted by molar-refractivity contribution is 5.93. The lowest BCUT2D eigenvalue weighted by Crippen LogP contribution is -2.28. The lowest BCUT2D eigenvalue weighted by molar-refractivity contribution is -0.384. The normalized spacial score (nSPS) is 11.4. The number of ketones is 1. The molecular formula is C11H12N3O4-. The molecule has 1 aromatic carbocycles. The fourth-order valence-electron chi connectivity index (χ4n) is 1.26. The molecule has 96 valence electrons. The van der Waals surface area contributed by atoms with Gasteiger partial charge >= 0.3 is 0 Å². The first-order valence-electron chi connectivity index (χ1n) is 5.07. The van der Waals surface area contributed by atoms with E-state index in [4.69, 9.17) is 0 Å². The number of rotatable bonds is 5. The summed E-state index contributed by atoms with van der Waals surface area (Å²) in [6.07, 6.45) is 0. The van der Waals surface area contributed by atoms with Gasteiger partial charge in [0.25, 0.3) is 5.69 Å². The van der Waals surface area contributed by atoms with Crippen molar-refractivity contribution in [3.8, 4) is 0 Å². The molecule has 0 atom stereocenters. The van der Waals surface area contributed by atoms with Crippen LogP contribution in [0.2, 0.25) is 0 Å². The van der Waals surface area contributed by atoms with Crippen molar-refractivity contribution in [1.82, 2.24) is 5.43 Å². The van der Waals surface area contributed by atoms with Crippen LogP contribution in [-0.4, -0.2) is 10.7 Å². The molecule has 0 amide bonds. The lowest BCUT2D eigenvalue weighted by Gasteiger charge is -2.16. The monoisotopic (exact) mass is 250 g/mol. The molecule has 0 aliphatic heterocycles. The highest BCUT2D eigenvalue weighted by atomic mass is 16.6. The van der Waals surface area contributed by atoms with Crippen LogP contribution in [0.1, 0.15) is 13.8 Å². The zero-order valence-corrected chi connectivity index (χ0v) is 9.89. The molecule has 0 spiro atoms. The van der Waals surface area contributed by atoms with E-state index < -0.39 is 16.5 Å². The average Bonchev–Trinajstić information content (AvgIpc) is 2.28. The smallest absolute Gasteiger partial charge is 0.271 e. The summed E-state index contributed by atoms with van der Waals surface area (Å²) in [4.78, 5) is 21.1. The number of benzene rings is 1. The van der Waals surface area contributed by atoms with Gasteiger partial charge in [0.2, 0.25) is 0 Å². The molecule has 0 saturated carbocycles. The maximum atomic E-state index is 11.1. The number of allylic oxidation sites excluding steroid dienone is 2. The first-order valence-corrected chi connectivity index (χ1v) is 5.07. The van der Waals surface area contributed by atoms with Gasteiger partial charge in [0, 0.05) is 19.1 Å². The number of Topliss-reactive ketones (excluding diaryl/α,β-unsaturated/α-hetero) is 1. The summed E-state index contributed by atoms with van der Waals surface area (Å²) in [6.45, 7) is 2.50. The van der Waals surface area contributed by atoms with Gasteiger partial charge in [-0.2, -0.15) is 0 Å².